The van der Waals surface area contributed by atoms with Gasteiger partial charge in [0.2, 0.25) is 5.91 Å². The molecule has 0 saturated carbocycles. The summed E-state index contributed by atoms with van der Waals surface area (Å²) in [7, 11) is 1.95. The van der Waals surface area contributed by atoms with E-state index in [1.54, 1.807) is 0 Å². The van der Waals surface area contributed by atoms with E-state index in [1.807, 2.05) is 43.1 Å². The molecule has 0 aliphatic heterocycles. The number of nitrogens with one attached hydrogen (secondary N) is 1. The molecular formula is C15H25N3O. The highest BCUT2D eigenvalue weighted by Crippen LogP contribution is 2.10. The van der Waals surface area contributed by atoms with Crippen LogP contribution in [0.5, 0.6) is 0 Å². The van der Waals surface area contributed by atoms with E-state index in [1.165, 1.54) is 0 Å². The van der Waals surface area contributed by atoms with Gasteiger partial charge in [0.1, 0.15) is 0 Å². The van der Waals surface area contributed by atoms with Crippen LogP contribution in [0.3, 0.4) is 0 Å². The Morgan fingerprint density at radius 1 is 1.37 bits per heavy atom. The van der Waals surface area contributed by atoms with E-state index in [0.717, 1.165) is 17.8 Å². The zero-order valence-electron chi connectivity index (χ0n) is 12.3. The van der Waals surface area contributed by atoms with Crippen molar-refractivity contribution in [2.45, 2.75) is 33.4 Å². The van der Waals surface area contributed by atoms with Gasteiger partial charge in [0.05, 0.1) is 6.04 Å². The maximum atomic E-state index is 12.0. The second-order valence-corrected chi connectivity index (χ2v) is 5.48. The number of amides is 1. The average Bonchev–Trinajstić information content (AvgIpc) is 2.34. The van der Waals surface area contributed by atoms with Crippen LogP contribution in [0.4, 0.5) is 5.69 Å². The molecule has 0 heterocycles. The first kappa shape index (κ1) is 15.5. The van der Waals surface area contributed by atoms with Gasteiger partial charge in [-0.2, -0.15) is 0 Å². The number of likely N-dealkylation sites (N-methyl/N-ethyl adjacent to an activating group) is 1. The van der Waals surface area contributed by atoms with E-state index in [4.69, 9.17) is 5.73 Å². The average molecular weight is 263 g/mol. The van der Waals surface area contributed by atoms with Gasteiger partial charge in [-0.05, 0) is 37.6 Å². The third-order valence-electron chi connectivity index (χ3n) is 3.11. The highest BCUT2D eigenvalue weighted by atomic mass is 16.2. The summed E-state index contributed by atoms with van der Waals surface area (Å²) in [6.07, 6.45) is 0. The molecule has 0 bridgehead atoms. The Bertz CT molecular complexity index is 418. The minimum absolute atomic E-state index is 0.0695. The Morgan fingerprint density at radius 2 is 2.05 bits per heavy atom. The minimum Gasteiger partial charge on any atom is -0.399 e. The number of carbonyl (C=O) groups excluding carboxylic acids is 1. The number of nitrogens with two attached hydrogens (primary N) is 1. The zero-order valence-corrected chi connectivity index (χ0v) is 12.3. The molecule has 1 amide bonds. The summed E-state index contributed by atoms with van der Waals surface area (Å²) in [5, 5.41) is 2.95. The van der Waals surface area contributed by atoms with Crippen molar-refractivity contribution in [3.63, 3.8) is 0 Å². The summed E-state index contributed by atoms with van der Waals surface area (Å²) in [5.41, 5.74) is 7.62. The lowest BCUT2D eigenvalue weighted by molar-refractivity contribution is -0.125. The maximum absolute atomic E-state index is 12.0. The molecule has 3 N–H and O–H groups in total. The predicted octanol–water partition coefficient (Wildman–Crippen LogP) is 1.86. The Hall–Kier alpha value is -1.55. The van der Waals surface area contributed by atoms with E-state index in [-0.39, 0.29) is 11.9 Å². The summed E-state index contributed by atoms with van der Waals surface area (Å²) in [6, 6.07) is 7.60. The van der Waals surface area contributed by atoms with Crippen molar-refractivity contribution in [1.82, 2.24) is 10.2 Å². The number of anilines is 1. The number of nitrogens with zero attached hydrogens (tertiary/aromatic N) is 1. The number of benzene rings is 1. The lowest BCUT2D eigenvalue weighted by atomic mass is 10.1. The van der Waals surface area contributed by atoms with Crippen LogP contribution in [0.2, 0.25) is 0 Å². The Morgan fingerprint density at radius 3 is 2.63 bits per heavy atom. The molecule has 0 aliphatic carbocycles. The fourth-order valence-corrected chi connectivity index (χ4v) is 1.77. The minimum atomic E-state index is -0.153. The molecule has 0 radical (unpaired) electrons. The summed E-state index contributed by atoms with van der Waals surface area (Å²) < 4.78 is 0. The first-order valence-electron chi connectivity index (χ1n) is 6.72. The van der Waals surface area contributed by atoms with Gasteiger partial charge in [0.25, 0.3) is 0 Å². The zero-order chi connectivity index (χ0) is 14.4. The van der Waals surface area contributed by atoms with Gasteiger partial charge in [0, 0.05) is 18.8 Å². The molecule has 0 spiro atoms. The van der Waals surface area contributed by atoms with Crippen LogP contribution < -0.4 is 11.1 Å². The van der Waals surface area contributed by atoms with E-state index >= 15 is 0 Å². The largest absolute Gasteiger partial charge is 0.399 e. The molecule has 4 nitrogen and oxygen atoms in total. The van der Waals surface area contributed by atoms with Crippen LogP contribution in [-0.4, -0.2) is 30.4 Å². The molecule has 0 aromatic heterocycles. The second-order valence-electron chi connectivity index (χ2n) is 5.48. The second kappa shape index (κ2) is 7.14. The van der Waals surface area contributed by atoms with Crippen LogP contribution in [0.25, 0.3) is 0 Å². The lowest BCUT2D eigenvalue weighted by Crippen LogP contribution is -2.43. The molecule has 1 atom stereocenters. The molecule has 0 fully saturated rings. The molecule has 0 saturated heterocycles. The quantitative estimate of drug-likeness (QED) is 0.770. The van der Waals surface area contributed by atoms with Crippen LogP contribution in [0.1, 0.15) is 26.3 Å². The first-order valence-corrected chi connectivity index (χ1v) is 6.72. The van der Waals surface area contributed by atoms with E-state index in [0.29, 0.717) is 12.5 Å². The number of hydrogen-bond donors (Lipinski definition) is 2. The number of nitrogen functional groups attached to an aromatic ring is 1. The number of hydrogen-bond acceptors (Lipinski definition) is 3. The normalized spacial score (nSPS) is 12.7. The lowest BCUT2D eigenvalue weighted by Gasteiger charge is -2.24. The highest BCUT2D eigenvalue weighted by Gasteiger charge is 2.17. The molecule has 19 heavy (non-hydrogen) atoms. The Kier molecular flexibility index (Phi) is 5.83. The Balaban J connectivity index is 2.52. The molecular weight excluding hydrogens is 238 g/mol. The van der Waals surface area contributed by atoms with Crippen LogP contribution in [-0.2, 0) is 11.3 Å². The fraction of sp³-hybridized carbons (Fsp3) is 0.533. The summed E-state index contributed by atoms with van der Waals surface area (Å²) in [4.78, 5) is 14.0. The van der Waals surface area contributed by atoms with Gasteiger partial charge >= 0.3 is 0 Å². The maximum Gasteiger partial charge on any atom is 0.237 e. The van der Waals surface area contributed by atoms with Gasteiger partial charge in [-0.25, -0.2) is 0 Å². The third kappa shape index (κ3) is 5.30. The predicted molar refractivity (Wildman–Crippen MR) is 79.6 cm³/mol. The summed E-state index contributed by atoms with van der Waals surface area (Å²) >= 11 is 0. The molecule has 0 aliphatic rings. The van der Waals surface area contributed by atoms with Crippen molar-refractivity contribution in [1.29, 1.82) is 0 Å². The molecule has 1 aromatic carbocycles. The van der Waals surface area contributed by atoms with Gasteiger partial charge in [-0.3, -0.25) is 9.69 Å². The van der Waals surface area contributed by atoms with Gasteiger partial charge in [-0.1, -0.05) is 26.0 Å². The third-order valence-corrected chi connectivity index (χ3v) is 3.11. The van der Waals surface area contributed by atoms with Crippen molar-refractivity contribution in [3.05, 3.63) is 29.8 Å². The summed E-state index contributed by atoms with van der Waals surface area (Å²) in [6.45, 7) is 7.52. The molecule has 106 valence electrons. The summed E-state index contributed by atoms with van der Waals surface area (Å²) in [5.74, 6) is 0.537. The smallest absolute Gasteiger partial charge is 0.237 e. The van der Waals surface area contributed by atoms with E-state index in [2.05, 4.69) is 19.2 Å². The van der Waals surface area contributed by atoms with Crippen molar-refractivity contribution in [2.24, 2.45) is 5.92 Å². The van der Waals surface area contributed by atoms with Crippen LogP contribution >= 0.6 is 0 Å². The van der Waals surface area contributed by atoms with Crippen molar-refractivity contribution >= 4 is 11.6 Å². The molecule has 1 rings (SSSR count). The van der Waals surface area contributed by atoms with Crippen molar-refractivity contribution < 1.29 is 4.79 Å². The molecule has 1 unspecified atom stereocenters. The standard InChI is InChI=1S/C15H25N3O/c1-11(2)9-17-15(19)12(3)18(4)10-13-6-5-7-14(16)8-13/h5-8,11-12H,9-10,16H2,1-4H3,(H,17,19). The van der Waals surface area contributed by atoms with Crippen molar-refractivity contribution in [2.75, 3.05) is 19.3 Å². The van der Waals surface area contributed by atoms with Crippen LogP contribution in [0, 0.1) is 5.92 Å². The fourth-order valence-electron chi connectivity index (χ4n) is 1.77. The SMILES string of the molecule is CC(C)CNC(=O)C(C)N(C)Cc1cccc(N)c1. The topological polar surface area (TPSA) is 58.4 Å². The molecule has 1 aromatic rings. The highest BCUT2D eigenvalue weighted by molar-refractivity contribution is 5.81. The molecule has 4 heteroatoms. The van der Waals surface area contributed by atoms with Crippen LogP contribution in [0.15, 0.2) is 24.3 Å². The van der Waals surface area contributed by atoms with Gasteiger partial charge < -0.3 is 11.1 Å². The van der Waals surface area contributed by atoms with Gasteiger partial charge in [-0.15, -0.1) is 0 Å². The van der Waals surface area contributed by atoms with Gasteiger partial charge in [0.15, 0.2) is 0 Å². The van der Waals surface area contributed by atoms with Crippen molar-refractivity contribution in [3.8, 4) is 0 Å². The van der Waals surface area contributed by atoms with E-state index in [9.17, 15) is 4.79 Å². The number of rotatable bonds is 6. The van der Waals surface area contributed by atoms with E-state index < -0.39 is 0 Å². The monoisotopic (exact) mass is 263 g/mol. The first-order chi connectivity index (χ1) is 8.90. The number of carbonyl (C=O) groups is 1. The Labute approximate surface area is 116 Å².